The Labute approximate surface area is 178 Å². The Morgan fingerprint density at radius 3 is 2.17 bits per heavy atom. The maximum absolute atomic E-state index is 13.1. The Bertz CT molecular complexity index is 999. The van der Waals surface area contributed by atoms with Crippen LogP contribution in [-0.4, -0.2) is 58.8 Å². The van der Waals surface area contributed by atoms with Crippen LogP contribution >= 0.6 is 0 Å². The zero-order valence-electron chi connectivity index (χ0n) is 17.9. The summed E-state index contributed by atoms with van der Waals surface area (Å²) in [6.45, 7) is 8.28. The molecule has 30 heavy (non-hydrogen) atoms. The molecule has 1 fully saturated rings. The molecule has 6 heteroatoms. The second-order valence-corrected chi connectivity index (χ2v) is 8.17. The Kier molecular flexibility index (Phi) is 5.97. The zero-order valence-corrected chi connectivity index (χ0v) is 17.9. The number of piperazine rings is 1. The van der Waals surface area contributed by atoms with Gasteiger partial charge in [-0.3, -0.25) is 14.9 Å². The van der Waals surface area contributed by atoms with Crippen LogP contribution in [0.15, 0.2) is 54.7 Å². The number of nitrogens with one attached hydrogen (secondary N) is 1. The van der Waals surface area contributed by atoms with Gasteiger partial charge in [0.25, 0.3) is 5.91 Å². The van der Waals surface area contributed by atoms with Gasteiger partial charge < -0.3 is 4.90 Å². The lowest BCUT2D eigenvalue weighted by Gasteiger charge is -2.32. The molecule has 0 aliphatic carbocycles. The van der Waals surface area contributed by atoms with E-state index >= 15 is 0 Å². The molecule has 0 radical (unpaired) electrons. The minimum absolute atomic E-state index is 0.106. The summed E-state index contributed by atoms with van der Waals surface area (Å²) in [4.78, 5) is 15.4. The molecule has 2 heterocycles. The lowest BCUT2D eigenvalue weighted by molar-refractivity contribution is 0.0663. The number of benzene rings is 2. The Hall–Kier alpha value is -2.96. The number of hydrazine groups is 1. The molecule has 0 spiro atoms. The van der Waals surface area contributed by atoms with E-state index in [2.05, 4.69) is 67.6 Å². The molecule has 3 aromatic rings. The summed E-state index contributed by atoms with van der Waals surface area (Å²) < 4.78 is 1.86. The molecule has 4 rings (SSSR count). The standard InChI is InChI=1S/C24H29N5O/c1-18-4-8-20(9-5-18)16-29-17-22(23(25-29)21-10-6-19(2)7-11-21)24(30)26-28-14-12-27(3)13-15-28/h4-11,17H,12-16H2,1-3H3,(H,26,30). The van der Waals surface area contributed by atoms with E-state index in [1.807, 2.05) is 28.0 Å². The first-order valence-corrected chi connectivity index (χ1v) is 10.4. The summed E-state index contributed by atoms with van der Waals surface area (Å²) in [6.07, 6.45) is 1.86. The maximum Gasteiger partial charge on any atom is 0.269 e. The monoisotopic (exact) mass is 403 g/mol. The fraction of sp³-hybridized carbons (Fsp3) is 0.333. The van der Waals surface area contributed by atoms with Crippen LogP contribution in [0, 0.1) is 13.8 Å². The highest BCUT2D eigenvalue weighted by atomic mass is 16.2. The van der Waals surface area contributed by atoms with E-state index in [0.29, 0.717) is 17.8 Å². The molecule has 0 bridgehead atoms. The summed E-state index contributed by atoms with van der Waals surface area (Å²) in [7, 11) is 2.10. The predicted octanol–water partition coefficient (Wildman–Crippen LogP) is 3.11. The van der Waals surface area contributed by atoms with Gasteiger partial charge in [-0.25, -0.2) is 5.01 Å². The van der Waals surface area contributed by atoms with E-state index in [1.165, 1.54) is 11.1 Å². The summed E-state index contributed by atoms with van der Waals surface area (Å²) in [6, 6.07) is 16.6. The van der Waals surface area contributed by atoms with Gasteiger partial charge in [-0.05, 0) is 26.5 Å². The third-order valence-corrected chi connectivity index (χ3v) is 5.56. The maximum atomic E-state index is 13.1. The summed E-state index contributed by atoms with van der Waals surface area (Å²) in [5, 5.41) is 6.78. The smallest absolute Gasteiger partial charge is 0.269 e. The Balaban J connectivity index is 1.61. The molecule has 1 N–H and O–H groups in total. The summed E-state index contributed by atoms with van der Waals surface area (Å²) in [5.74, 6) is -0.106. The van der Waals surface area contributed by atoms with Crippen molar-refractivity contribution in [1.29, 1.82) is 0 Å². The number of aryl methyl sites for hydroxylation is 2. The Morgan fingerprint density at radius 2 is 1.53 bits per heavy atom. The van der Waals surface area contributed by atoms with Crippen LogP contribution in [0.25, 0.3) is 11.3 Å². The van der Waals surface area contributed by atoms with Crippen molar-refractivity contribution in [1.82, 2.24) is 25.1 Å². The van der Waals surface area contributed by atoms with Crippen molar-refractivity contribution in [2.24, 2.45) is 0 Å². The van der Waals surface area contributed by atoms with Gasteiger partial charge in [0.2, 0.25) is 0 Å². The van der Waals surface area contributed by atoms with Crippen molar-refractivity contribution in [2.45, 2.75) is 20.4 Å². The van der Waals surface area contributed by atoms with E-state index in [9.17, 15) is 4.79 Å². The van der Waals surface area contributed by atoms with E-state index < -0.39 is 0 Å². The second kappa shape index (κ2) is 8.81. The van der Waals surface area contributed by atoms with E-state index in [-0.39, 0.29) is 5.91 Å². The van der Waals surface area contributed by atoms with Crippen molar-refractivity contribution in [3.05, 3.63) is 77.0 Å². The largest absolute Gasteiger partial charge is 0.304 e. The molecule has 2 aromatic carbocycles. The molecule has 1 amide bonds. The van der Waals surface area contributed by atoms with E-state index in [0.717, 1.165) is 37.3 Å². The van der Waals surface area contributed by atoms with Crippen LogP contribution in [0.5, 0.6) is 0 Å². The fourth-order valence-electron chi connectivity index (χ4n) is 3.60. The van der Waals surface area contributed by atoms with Gasteiger partial charge in [0.15, 0.2) is 0 Å². The van der Waals surface area contributed by atoms with Gasteiger partial charge in [0.1, 0.15) is 5.69 Å². The topological polar surface area (TPSA) is 53.4 Å². The molecule has 1 aliphatic rings. The summed E-state index contributed by atoms with van der Waals surface area (Å²) >= 11 is 0. The van der Waals surface area contributed by atoms with Crippen molar-refractivity contribution in [3.63, 3.8) is 0 Å². The number of carbonyl (C=O) groups excluding carboxylic acids is 1. The molecular weight excluding hydrogens is 374 g/mol. The van der Waals surface area contributed by atoms with Crippen LogP contribution in [0.3, 0.4) is 0 Å². The summed E-state index contributed by atoms with van der Waals surface area (Å²) in [5.41, 5.74) is 8.91. The SMILES string of the molecule is Cc1ccc(Cn2cc(C(=O)NN3CCN(C)CC3)c(-c3ccc(C)cc3)n2)cc1. The van der Waals surface area contributed by atoms with Gasteiger partial charge in [-0.1, -0.05) is 59.7 Å². The van der Waals surface area contributed by atoms with Gasteiger partial charge in [0.05, 0.1) is 12.1 Å². The minimum atomic E-state index is -0.106. The highest BCUT2D eigenvalue weighted by molar-refractivity contribution is 5.99. The molecular formula is C24H29N5O. The fourth-order valence-corrected chi connectivity index (χ4v) is 3.60. The minimum Gasteiger partial charge on any atom is -0.304 e. The molecule has 1 aromatic heterocycles. The highest BCUT2D eigenvalue weighted by Crippen LogP contribution is 2.23. The third kappa shape index (κ3) is 4.78. The molecule has 0 saturated carbocycles. The van der Waals surface area contributed by atoms with Crippen molar-refractivity contribution in [3.8, 4) is 11.3 Å². The van der Waals surface area contributed by atoms with Crippen LogP contribution in [0.4, 0.5) is 0 Å². The average molecular weight is 404 g/mol. The van der Waals surface area contributed by atoms with Crippen LogP contribution in [0.2, 0.25) is 0 Å². The van der Waals surface area contributed by atoms with Crippen LogP contribution in [0.1, 0.15) is 27.0 Å². The average Bonchev–Trinajstić information content (AvgIpc) is 3.16. The van der Waals surface area contributed by atoms with E-state index in [1.54, 1.807) is 0 Å². The zero-order chi connectivity index (χ0) is 21.1. The number of hydrogen-bond acceptors (Lipinski definition) is 4. The van der Waals surface area contributed by atoms with Crippen molar-refractivity contribution >= 4 is 5.91 Å². The number of aromatic nitrogens is 2. The number of nitrogens with zero attached hydrogens (tertiary/aromatic N) is 4. The number of rotatable bonds is 5. The molecule has 1 saturated heterocycles. The number of hydrogen-bond donors (Lipinski definition) is 1. The van der Waals surface area contributed by atoms with Gasteiger partial charge in [0, 0.05) is 37.9 Å². The Morgan fingerprint density at radius 1 is 0.933 bits per heavy atom. The second-order valence-electron chi connectivity index (χ2n) is 8.17. The predicted molar refractivity (Wildman–Crippen MR) is 119 cm³/mol. The third-order valence-electron chi connectivity index (χ3n) is 5.56. The van der Waals surface area contributed by atoms with Gasteiger partial charge in [-0.2, -0.15) is 5.10 Å². The lowest BCUT2D eigenvalue weighted by atomic mass is 10.1. The molecule has 6 nitrogen and oxygen atoms in total. The van der Waals surface area contributed by atoms with Crippen LogP contribution in [-0.2, 0) is 6.54 Å². The van der Waals surface area contributed by atoms with Crippen LogP contribution < -0.4 is 5.43 Å². The van der Waals surface area contributed by atoms with E-state index in [4.69, 9.17) is 5.10 Å². The van der Waals surface area contributed by atoms with Crippen molar-refractivity contribution in [2.75, 3.05) is 33.2 Å². The number of amides is 1. The first-order valence-electron chi connectivity index (χ1n) is 10.4. The molecule has 156 valence electrons. The lowest BCUT2D eigenvalue weighted by Crippen LogP contribution is -2.52. The van der Waals surface area contributed by atoms with Crippen molar-refractivity contribution < 1.29 is 4.79 Å². The highest BCUT2D eigenvalue weighted by Gasteiger charge is 2.22. The van der Waals surface area contributed by atoms with Gasteiger partial charge in [-0.15, -0.1) is 0 Å². The number of likely N-dealkylation sites (N-methyl/N-ethyl adjacent to an activating group) is 1. The molecule has 0 atom stereocenters. The first kappa shape index (κ1) is 20.3. The first-order chi connectivity index (χ1) is 14.5. The molecule has 1 aliphatic heterocycles. The molecule has 0 unspecified atom stereocenters. The number of carbonyl (C=O) groups is 1. The van der Waals surface area contributed by atoms with Gasteiger partial charge >= 0.3 is 0 Å². The quantitative estimate of drug-likeness (QED) is 0.711. The normalized spacial score (nSPS) is 15.3.